The van der Waals surface area contributed by atoms with Crippen LogP contribution < -0.4 is 10.6 Å². The number of fused-ring (bicyclic) bond motifs is 2. The van der Waals surface area contributed by atoms with Crippen molar-refractivity contribution in [2.24, 2.45) is 28.6 Å². The molecule has 1 aromatic carbocycles. The number of carbonyl (C=O) groups is 2. The third kappa shape index (κ3) is 3.41. The minimum absolute atomic E-state index is 0.110. The van der Waals surface area contributed by atoms with Gasteiger partial charge in [0.25, 0.3) is 5.91 Å². The number of anilines is 1. The number of nitrogens with zero attached hydrogens (tertiary/aromatic N) is 5. The molecule has 10 heteroatoms. The highest BCUT2D eigenvalue weighted by Crippen LogP contribution is 2.48. The van der Waals surface area contributed by atoms with Gasteiger partial charge in [0.1, 0.15) is 29.5 Å². The number of hydrazone groups is 1. The van der Waals surface area contributed by atoms with Gasteiger partial charge in [0.15, 0.2) is 0 Å². The molecule has 2 bridgehead atoms. The van der Waals surface area contributed by atoms with Crippen LogP contribution in [0.5, 0.6) is 0 Å². The average molecular weight is 426 g/mol. The fourth-order valence-corrected chi connectivity index (χ4v) is 4.96. The van der Waals surface area contributed by atoms with Crippen molar-refractivity contribution < 1.29 is 18.4 Å². The van der Waals surface area contributed by atoms with Gasteiger partial charge in [-0.05, 0) is 36.0 Å². The number of nitrogens with two attached hydrogens (primary N) is 1. The van der Waals surface area contributed by atoms with Gasteiger partial charge in [0.05, 0.1) is 6.04 Å². The summed E-state index contributed by atoms with van der Waals surface area (Å²) in [5, 5.41) is 5.60. The Morgan fingerprint density at radius 1 is 1.03 bits per heavy atom. The number of rotatable bonds is 4. The van der Waals surface area contributed by atoms with E-state index in [-0.39, 0.29) is 29.4 Å². The Morgan fingerprint density at radius 3 is 2.42 bits per heavy atom. The molecule has 0 spiro atoms. The maximum absolute atomic E-state index is 13.7. The Hall–Kier alpha value is -3.43. The normalized spacial score (nSPS) is 26.6. The molecule has 1 unspecified atom stereocenters. The van der Waals surface area contributed by atoms with E-state index >= 15 is 0 Å². The maximum atomic E-state index is 13.7. The number of halogens is 2. The zero-order chi connectivity index (χ0) is 21.7. The molecule has 4 aliphatic rings. The molecule has 8 nitrogen and oxygen atoms in total. The molecule has 3 fully saturated rings. The van der Waals surface area contributed by atoms with Crippen LogP contribution in [0.15, 0.2) is 35.7 Å². The summed E-state index contributed by atoms with van der Waals surface area (Å²) in [5.74, 6) is -1.47. The van der Waals surface area contributed by atoms with Crippen molar-refractivity contribution in [2.75, 3.05) is 18.0 Å². The largest absolute Gasteiger partial charge is 0.364 e. The molecule has 2 N–H and O–H groups in total. The van der Waals surface area contributed by atoms with Crippen LogP contribution in [0, 0.1) is 29.4 Å². The second-order valence-corrected chi connectivity index (χ2v) is 8.25. The average Bonchev–Trinajstić information content (AvgIpc) is 3.23. The molecule has 0 radical (unpaired) electrons. The second kappa shape index (κ2) is 7.36. The highest BCUT2D eigenvalue weighted by Gasteiger charge is 2.53. The van der Waals surface area contributed by atoms with Crippen molar-refractivity contribution >= 4 is 23.8 Å². The highest BCUT2D eigenvalue weighted by atomic mass is 19.1. The van der Waals surface area contributed by atoms with Crippen LogP contribution in [-0.4, -0.2) is 46.1 Å². The van der Waals surface area contributed by atoms with E-state index in [0.29, 0.717) is 30.9 Å². The van der Waals surface area contributed by atoms with Crippen LogP contribution in [0.2, 0.25) is 0 Å². The summed E-state index contributed by atoms with van der Waals surface area (Å²) in [6.07, 6.45) is 4.25. The molecule has 4 heterocycles. The van der Waals surface area contributed by atoms with Crippen molar-refractivity contribution in [3.05, 3.63) is 53.5 Å². The molecular formula is C21H20F2N6O2. The Morgan fingerprint density at radius 2 is 1.74 bits per heavy atom. The summed E-state index contributed by atoms with van der Waals surface area (Å²) in [5.41, 5.74) is 5.85. The number of carbonyl (C=O) groups excluding carboxylic acids is 2. The SMILES string of the molecule is NC(=O)c1cc(N2C[C@H]3C[C@@H](C2)C3C(=O)N2N=CC[C@@H]2c2cc(F)cc(F)c2)ncn1. The highest BCUT2D eigenvalue weighted by molar-refractivity contribution is 5.91. The Kier molecular flexibility index (Phi) is 4.64. The zero-order valence-electron chi connectivity index (χ0n) is 16.5. The van der Waals surface area contributed by atoms with Gasteiger partial charge in [-0.1, -0.05) is 0 Å². The van der Waals surface area contributed by atoms with Gasteiger partial charge in [0.2, 0.25) is 5.91 Å². The minimum Gasteiger partial charge on any atom is -0.364 e. The first-order valence-electron chi connectivity index (χ1n) is 10.1. The van der Waals surface area contributed by atoms with Crippen molar-refractivity contribution in [3.63, 3.8) is 0 Å². The van der Waals surface area contributed by atoms with Crippen LogP contribution in [-0.2, 0) is 4.79 Å². The summed E-state index contributed by atoms with van der Waals surface area (Å²) >= 11 is 0. The first-order valence-corrected chi connectivity index (χ1v) is 10.1. The Balaban J connectivity index is 1.31. The van der Waals surface area contributed by atoms with E-state index < -0.39 is 23.6 Å². The van der Waals surface area contributed by atoms with Gasteiger partial charge >= 0.3 is 0 Å². The predicted molar refractivity (Wildman–Crippen MR) is 107 cm³/mol. The maximum Gasteiger partial charge on any atom is 0.267 e. The predicted octanol–water partition coefficient (Wildman–Crippen LogP) is 1.89. The lowest BCUT2D eigenvalue weighted by molar-refractivity contribution is -0.148. The van der Waals surface area contributed by atoms with Gasteiger partial charge in [-0.25, -0.2) is 23.8 Å². The van der Waals surface area contributed by atoms with E-state index in [0.717, 1.165) is 12.5 Å². The number of benzene rings is 1. The second-order valence-electron chi connectivity index (χ2n) is 8.25. The van der Waals surface area contributed by atoms with Crippen LogP contribution in [0.1, 0.15) is 34.9 Å². The Bertz CT molecular complexity index is 1060. The first kappa shape index (κ1) is 19.5. The van der Waals surface area contributed by atoms with Crippen molar-refractivity contribution in [3.8, 4) is 0 Å². The molecule has 160 valence electrons. The number of hydrogen-bond acceptors (Lipinski definition) is 6. The third-order valence-corrected chi connectivity index (χ3v) is 6.37. The summed E-state index contributed by atoms with van der Waals surface area (Å²) < 4.78 is 27.4. The zero-order valence-corrected chi connectivity index (χ0v) is 16.5. The molecule has 2 amide bonds. The van der Waals surface area contributed by atoms with E-state index in [1.165, 1.54) is 23.5 Å². The summed E-state index contributed by atoms with van der Waals surface area (Å²) in [7, 11) is 0. The molecule has 2 aromatic rings. The van der Waals surface area contributed by atoms with E-state index in [1.807, 2.05) is 4.90 Å². The molecule has 4 atom stereocenters. The topological polar surface area (TPSA) is 105 Å². The summed E-state index contributed by atoms with van der Waals surface area (Å²) in [6, 6.07) is 4.36. The lowest BCUT2D eigenvalue weighted by Crippen LogP contribution is -2.60. The van der Waals surface area contributed by atoms with E-state index in [9.17, 15) is 18.4 Å². The molecule has 1 saturated carbocycles. The first-order chi connectivity index (χ1) is 14.9. The van der Waals surface area contributed by atoms with Gasteiger partial charge in [-0.2, -0.15) is 5.10 Å². The summed E-state index contributed by atoms with van der Waals surface area (Å²) in [6.45, 7) is 1.22. The molecular weight excluding hydrogens is 406 g/mol. The molecule has 1 aromatic heterocycles. The van der Waals surface area contributed by atoms with E-state index in [4.69, 9.17) is 5.73 Å². The monoisotopic (exact) mass is 426 g/mol. The van der Waals surface area contributed by atoms with Crippen molar-refractivity contribution in [1.82, 2.24) is 15.0 Å². The molecule has 3 aliphatic heterocycles. The summed E-state index contributed by atoms with van der Waals surface area (Å²) in [4.78, 5) is 34.8. The molecule has 2 saturated heterocycles. The van der Waals surface area contributed by atoms with Crippen molar-refractivity contribution in [1.29, 1.82) is 0 Å². The van der Waals surface area contributed by atoms with Crippen LogP contribution in [0.4, 0.5) is 14.6 Å². The molecule has 6 rings (SSSR count). The van der Waals surface area contributed by atoms with Crippen LogP contribution in [0.25, 0.3) is 0 Å². The number of primary amides is 1. The fraction of sp³-hybridized carbons (Fsp3) is 0.381. The number of amides is 2. The lowest BCUT2D eigenvalue weighted by Gasteiger charge is -2.53. The van der Waals surface area contributed by atoms with Crippen LogP contribution >= 0.6 is 0 Å². The van der Waals surface area contributed by atoms with Gasteiger partial charge in [0, 0.05) is 43.8 Å². The van der Waals surface area contributed by atoms with E-state index in [2.05, 4.69) is 15.1 Å². The molecule has 1 aliphatic carbocycles. The van der Waals surface area contributed by atoms with Gasteiger partial charge in [-0.15, -0.1) is 0 Å². The van der Waals surface area contributed by atoms with Crippen molar-refractivity contribution in [2.45, 2.75) is 18.9 Å². The van der Waals surface area contributed by atoms with Gasteiger partial charge in [-0.3, -0.25) is 9.59 Å². The number of hydrogen-bond donors (Lipinski definition) is 1. The standard InChI is InChI=1S/C21H20F2N6O2/c22-14-4-11(5-15(23)6-14)17-1-2-27-29(17)21(31)19-12-3-13(19)9-28(8-12)18-7-16(20(24)30)25-10-26-18/h2,4-7,10,12-13,17,19H,1,3,8-9H2,(H2,24,30)/t12-,13+,17-,19?/m1/s1. The fourth-order valence-electron chi connectivity index (χ4n) is 4.96. The smallest absolute Gasteiger partial charge is 0.267 e. The quantitative estimate of drug-likeness (QED) is 0.804. The molecule has 31 heavy (non-hydrogen) atoms. The van der Waals surface area contributed by atoms with E-state index in [1.54, 1.807) is 12.3 Å². The number of aromatic nitrogens is 2. The lowest BCUT2D eigenvalue weighted by atomic mass is 9.61. The van der Waals surface area contributed by atoms with Crippen LogP contribution in [0.3, 0.4) is 0 Å². The van der Waals surface area contributed by atoms with Gasteiger partial charge < -0.3 is 10.6 Å². The Labute approximate surface area is 176 Å². The number of piperidine rings is 2. The third-order valence-electron chi connectivity index (χ3n) is 6.37. The minimum atomic E-state index is -0.675.